The predicted octanol–water partition coefficient (Wildman–Crippen LogP) is 1.90. The van der Waals surface area contributed by atoms with Gasteiger partial charge in [0, 0.05) is 43.8 Å². The molecule has 1 saturated heterocycles. The average Bonchev–Trinajstić information content (AvgIpc) is 2.64. The fourth-order valence-corrected chi connectivity index (χ4v) is 2.29. The van der Waals surface area contributed by atoms with E-state index in [9.17, 15) is 0 Å². The molecule has 1 aliphatic rings. The molecule has 0 aliphatic carbocycles. The molecule has 2 heterocycles. The van der Waals surface area contributed by atoms with Gasteiger partial charge in [-0.15, -0.1) is 0 Å². The van der Waals surface area contributed by atoms with Crippen LogP contribution in [0.15, 0.2) is 10.7 Å². The fourth-order valence-electron chi connectivity index (χ4n) is 2.29. The summed E-state index contributed by atoms with van der Waals surface area (Å²) < 4.78 is 5.09. The number of nitrogens with zero attached hydrogens (tertiary/aromatic N) is 3. The molecule has 0 bridgehead atoms. The first-order valence-corrected chi connectivity index (χ1v) is 6.34. The summed E-state index contributed by atoms with van der Waals surface area (Å²) in [6, 6.07) is 0. The molecule has 0 unspecified atom stereocenters. The smallest absolute Gasteiger partial charge is 0.138 e. The Kier molecular flexibility index (Phi) is 3.54. The Morgan fingerprint density at radius 2 is 1.88 bits per heavy atom. The van der Waals surface area contributed by atoms with E-state index in [2.05, 4.69) is 35.7 Å². The molecule has 0 aromatic carbocycles. The lowest BCUT2D eigenvalue weighted by Crippen LogP contribution is -2.53. The highest BCUT2D eigenvalue weighted by molar-refractivity contribution is 5.11. The van der Waals surface area contributed by atoms with Crippen LogP contribution in [0.3, 0.4) is 0 Å². The highest BCUT2D eigenvalue weighted by Gasteiger charge is 2.26. The molecular weight excluding hydrogens is 214 g/mol. The number of aryl methyl sites for hydroxylation is 1. The first-order valence-electron chi connectivity index (χ1n) is 6.34. The third kappa shape index (κ3) is 3.07. The van der Waals surface area contributed by atoms with Gasteiger partial charge in [0.05, 0.1) is 6.20 Å². The van der Waals surface area contributed by atoms with Crippen molar-refractivity contribution in [1.29, 1.82) is 0 Å². The quantitative estimate of drug-likeness (QED) is 0.786. The van der Waals surface area contributed by atoms with Crippen LogP contribution in [0.1, 0.15) is 32.1 Å². The van der Waals surface area contributed by atoms with Crippen molar-refractivity contribution in [1.82, 2.24) is 15.0 Å². The van der Waals surface area contributed by atoms with Gasteiger partial charge in [-0.25, -0.2) is 0 Å². The van der Waals surface area contributed by atoms with Gasteiger partial charge in [0.1, 0.15) is 5.76 Å². The average molecular weight is 237 g/mol. The number of piperazine rings is 1. The molecule has 1 aliphatic heterocycles. The van der Waals surface area contributed by atoms with E-state index in [1.165, 1.54) is 5.56 Å². The van der Waals surface area contributed by atoms with Gasteiger partial charge in [0.15, 0.2) is 0 Å². The van der Waals surface area contributed by atoms with Crippen molar-refractivity contribution in [3.05, 3.63) is 17.5 Å². The van der Waals surface area contributed by atoms with Gasteiger partial charge >= 0.3 is 0 Å². The van der Waals surface area contributed by atoms with E-state index in [1.54, 1.807) is 0 Å². The summed E-state index contributed by atoms with van der Waals surface area (Å²) in [5.41, 5.74) is 1.51. The molecule has 1 aromatic heterocycles. The van der Waals surface area contributed by atoms with Crippen molar-refractivity contribution < 1.29 is 4.52 Å². The Labute approximate surface area is 104 Å². The van der Waals surface area contributed by atoms with Crippen LogP contribution in [0, 0.1) is 6.92 Å². The zero-order valence-electron chi connectivity index (χ0n) is 11.4. The molecule has 0 atom stereocenters. The predicted molar refractivity (Wildman–Crippen MR) is 67.8 cm³/mol. The Hall–Kier alpha value is -0.870. The maximum absolute atomic E-state index is 5.09. The van der Waals surface area contributed by atoms with Crippen LogP contribution in [-0.4, -0.2) is 46.7 Å². The lowest BCUT2D eigenvalue weighted by Gasteiger charge is -2.42. The lowest BCUT2D eigenvalue weighted by atomic mass is 10.0. The molecule has 4 nitrogen and oxygen atoms in total. The topological polar surface area (TPSA) is 32.5 Å². The summed E-state index contributed by atoms with van der Waals surface area (Å²) in [6.07, 6.45) is 1.84. The second-order valence-electron chi connectivity index (χ2n) is 5.84. The maximum atomic E-state index is 5.09. The summed E-state index contributed by atoms with van der Waals surface area (Å²) in [5.74, 6) is 0.947. The van der Waals surface area contributed by atoms with Gasteiger partial charge in [-0.1, -0.05) is 5.16 Å². The third-order valence-electron chi connectivity index (χ3n) is 3.57. The molecule has 96 valence electrons. The SMILES string of the molecule is Cc1oncc1CN1CCN(C(C)(C)C)CC1. The molecule has 4 heteroatoms. The third-order valence-corrected chi connectivity index (χ3v) is 3.57. The number of aromatic nitrogens is 1. The summed E-state index contributed by atoms with van der Waals surface area (Å²) >= 11 is 0. The highest BCUT2D eigenvalue weighted by atomic mass is 16.5. The minimum absolute atomic E-state index is 0.291. The Bertz CT molecular complexity index is 359. The molecule has 2 rings (SSSR count). The minimum Gasteiger partial charge on any atom is -0.361 e. The second kappa shape index (κ2) is 4.78. The van der Waals surface area contributed by atoms with Crippen LogP contribution < -0.4 is 0 Å². The summed E-state index contributed by atoms with van der Waals surface area (Å²) in [5, 5.41) is 3.83. The monoisotopic (exact) mass is 237 g/mol. The van der Waals surface area contributed by atoms with E-state index < -0.39 is 0 Å². The molecule has 0 spiro atoms. The zero-order valence-corrected chi connectivity index (χ0v) is 11.4. The summed E-state index contributed by atoms with van der Waals surface area (Å²) in [6.45, 7) is 14.3. The largest absolute Gasteiger partial charge is 0.361 e. The highest BCUT2D eigenvalue weighted by Crippen LogP contribution is 2.17. The van der Waals surface area contributed by atoms with E-state index in [-0.39, 0.29) is 0 Å². The van der Waals surface area contributed by atoms with E-state index >= 15 is 0 Å². The van der Waals surface area contributed by atoms with E-state index in [0.29, 0.717) is 5.54 Å². The van der Waals surface area contributed by atoms with Gasteiger partial charge in [0.2, 0.25) is 0 Å². The summed E-state index contributed by atoms with van der Waals surface area (Å²) in [7, 11) is 0. The van der Waals surface area contributed by atoms with Crippen molar-refractivity contribution >= 4 is 0 Å². The van der Waals surface area contributed by atoms with Crippen LogP contribution in [0.25, 0.3) is 0 Å². The van der Waals surface area contributed by atoms with E-state index in [4.69, 9.17) is 4.52 Å². The second-order valence-corrected chi connectivity index (χ2v) is 5.84. The Morgan fingerprint density at radius 1 is 1.24 bits per heavy atom. The van der Waals surface area contributed by atoms with Crippen molar-refractivity contribution in [3.63, 3.8) is 0 Å². The zero-order chi connectivity index (χ0) is 12.5. The molecule has 1 aromatic rings. The van der Waals surface area contributed by atoms with E-state index in [1.807, 2.05) is 13.1 Å². The van der Waals surface area contributed by atoms with E-state index in [0.717, 1.165) is 38.5 Å². The van der Waals surface area contributed by atoms with Crippen molar-refractivity contribution in [2.45, 2.75) is 39.8 Å². The molecule has 0 N–H and O–H groups in total. The van der Waals surface area contributed by atoms with Crippen LogP contribution >= 0.6 is 0 Å². The van der Waals surface area contributed by atoms with Gasteiger partial charge in [-0.2, -0.15) is 0 Å². The Balaban J connectivity index is 1.86. The van der Waals surface area contributed by atoms with Crippen LogP contribution in [-0.2, 0) is 6.54 Å². The number of hydrogen-bond donors (Lipinski definition) is 0. The maximum Gasteiger partial charge on any atom is 0.138 e. The van der Waals surface area contributed by atoms with Crippen molar-refractivity contribution in [3.8, 4) is 0 Å². The first-order chi connectivity index (χ1) is 7.97. The molecule has 0 amide bonds. The van der Waals surface area contributed by atoms with Gasteiger partial charge < -0.3 is 4.52 Å². The first kappa shape index (κ1) is 12.6. The lowest BCUT2D eigenvalue weighted by molar-refractivity contribution is 0.0589. The number of hydrogen-bond acceptors (Lipinski definition) is 4. The molecular formula is C13H23N3O. The Morgan fingerprint density at radius 3 is 2.35 bits per heavy atom. The molecule has 0 radical (unpaired) electrons. The normalized spacial score (nSPS) is 19.8. The van der Waals surface area contributed by atoms with Gasteiger partial charge in [0.25, 0.3) is 0 Å². The molecule has 0 saturated carbocycles. The van der Waals surface area contributed by atoms with Crippen LogP contribution in [0.2, 0.25) is 0 Å². The van der Waals surface area contributed by atoms with Crippen molar-refractivity contribution in [2.24, 2.45) is 0 Å². The standard InChI is InChI=1S/C13H23N3O/c1-11-12(9-14-17-11)10-15-5-7-16(8-6-15)13(2,3)4/h9H,5-8,10H2,1-4H3. The summed E-state index contributed by atoms with van der Waals surface area (Å²) in [4.78, 5) is 5.02. The van der Waals surface area contributed by atoms with Gasteiger partial charge in [-0.05, 0) is 27.7 Å². The van der Waals surface area contributed by atoms with Gasteiger partial charge in [-0.3, -0.25) is 9.80 Å². The van der Waals surface area contributed by atoms with Crippen LogP contribution in [0.5, 0.6) is 0 Å². The minimum atomic E-state index is 0.291. The molecule has 1 fully saturated rings. The fraction of sp³-hybridized carbons (Fsp3) is 0.769. The number of rotatable bonds is 2. The molecule has 17 heavy (non-hydrogen) atoms. The van der Waals surface area contributed by atoms with Crippen LogP contribution in [0.4, 0.5) is 0 Å². The van der Waals surface area contributed by atoms with Crippen molar-refractivity contribution in [2.75, 3.05) is 26.2 Å².